The lowest BCUT2D eigenvalue weighted by Crippen LogP contribution is -2.27. The minimum atomic E-state index is -0.802. The Labute approximate surface area is 139 Å². The molecular formula is C15H23IN4O. The highest BCUT2D eigenvalue weighted by Gasteiger charge is 2.22. The molecule has 6 heteroatoms. The zero-order valence-electron chi connectivity index (χ0n) is 13.1. The molecule has 0 unspecified atom stereocenters. The van der Waals surface area contributed by atoms with Crippen molar-refractivity contribution in [1.29, 1.82) is 0 Å². The molecule has 0 spiro atoms. The Morgan fingerprint density at radius 1 is 1.33 bits per heavy atom. The molecule has 2 rings (SSSR count). The lowest BCUT2D eigenvalue weighted by Gasteiger charge is -2.20. The van der Waals surface area contributed by atoms with E-state index in [1.165, 1.54) is 0 Å². The van der Waals surface area contributed by atoms with E-state index in [4.69, 9.17) is 10.7 Å². The van der Waals surface area contributed by atoms with Crippen molar-refractivity contribution in [2.75, 3.05) is 5.73 Å². The monoisotopic (exact) mass is 402 g/mol. The molecule has 0 saturated carbocycles. The van der Waals surface area contributed by atoms with E-state index in [1.54, 1.807) is 0 Å². The number of nitrogen functional groups attached to an aromatic ring is 1. The highest BCUT2D eigenvalue weighted by molar-refractivity contribution is 14.1. The Morgan fingerprint density at radius 2 is 2.00 bits per heavy atom. The third-order valence-corrected chi connectivity index (χ3v) is 4.69. The summed E-state index contributed by atoms with van der Waals surface area (Å²) in [7, 11) is 0. The second kappa shape index (κ2) is 6.08. The molecule has 2 aromatic rings. The molecule has 0 fully saturated rings. The number of unbranched alkanes of at least 4 members (excludes halogenated alkanes) is 1. The van der Waals surface area contributed by atoms with Gasteiger partial charge >= 0.3 is 0 Å². The lowest BCUT2D eigenvalue weighted by molar-refractivity contribution is 0.0617. The van der Waals surface area contributed by atoms with Crippen LogP contribution in [0.1, 0.15) is 45.1 Å². The molecule has 5 nitrogen and oxygen atoms in total. The van der Waals surface area contributed by atoms with Gasteiger partial charge in [0.15, 0.2) is 5.82 Å². The third-order valence-electron chi connectivity index (χ3n) is 3.40. The van der Waals surface area contributed by atoms with Crippen molar-refractivity contribution in [3.63, 3.8) is 0 Å². The van der Waals surface area contributed by atoms with Gasteiger partial charge in [-0.3, -0.25) is 0 Å². The van der Waals surface area contributed by atoms with Gasteiger partial charge in [-0.2, -0.15) is 0 Å². The molecule has 0 aliphatic carbocycles. The molecule has 0 bridgehead atoms. The van der Waals surface area contributed by atoms with E-state index in [1.807, 2.05) is 20.8 Å². The van der Waals surface area contributed by atoms with Crippen molar-refractivity contribution in [1.82, 2.24) is 14.5 Å². The van der Waals surface area contributed by atoms with Crippen molar-refractivity contribution >= 4 is 39.4 Å². The van der Waals surface area contributed by atoms with Crippen molar-refractivity contribution in [2.24, 2.45) is 0 Å². The number of aromatic nitrogens is 3. The first-order valence-corrected chi connectivity index (χ1v) is 8.35. The number of anilines is 1. The predicted octanol–water partition coefficient (Wildman–Crippen LogP) is 3.04. The largest absolute Gasteiger partial charge is 0.389 e. The van der Waals surface area contributed by atoms with Crippen LogP contribution in [0.15, 0.2) is 0 Å². The van der Waals surface area contributed by atoms with Gasteiger partial charge < -0.3 is 15.4 Å². The molecule has 3 N–H and O–H groups in total. The van der Waals surface area contributed by atoms with Crippen LogP contribution in [0.5, 0.6) is 0 Å². The first-order chi connectivity index (χ1) is 9.74. The number of rotatable bonds is 5. The number of hydrogen-bond acceptors (Lipinski definition) is 4. The number of imidazole rings is 1. The summed E-state index contributed by atoms with van der Waals surface area (Å²) in [5.41, 5.74) is 7.89. The van der Waals surface area contributed by atoms with Gasteiger partial charge in [0.25, 0.3) is 0 Å². The minimum Gasteiger partial charge on any atom is -0.389 e. The number of nitrogens with zero attached hydrogens (tertiary/aromatic N) is 3. The number of nitrogens with two attached hydrogens (primary N) is 1. The van der Waals surface area contributed by atoms with Crippen molar-refractivity contribution in [3.05, 3.63) is 15.1 Å². The Balaban J connectivity index is 2.69. The number of halogens is 1. The molecular weight excluding hydrogens is 379 g/mol. The molecule has 116 valence electrons. The predicted molar refractivity (Wildman–Crippen MR) is 94.3 cm³/mol. The average Bonchev–Trinajstić information content (AvgIpc) is 2.71. The summed E-state index contributed by atoms with van der Waals surface area (Å²) in [6, 6.07) is 0. The Hall–Kier alpha value is -0.890. The van der Waals surface area contributed by atoms with Crippen LogP contribution in [0.3, 0.4) is 0 Å². The zero-order valence-corrected chi connectivity index (χ0v) is 15.2. The van der Waals surface area contributed by atoms with Gasteiger partial charge in [-0.25, -0.2) is 9.97 Å². The molecule has 2 aromatic heterocycles. The molecule has 2 heterocycles. The first kappa shape index (κ1) is 16.5. The van der Waals surface area contributed by atoms with Crippen LogP contribution in [-0.2, 0) is 13.0 Å². The SMILES string of the molecule is CCCCc1nc2c(N)nc(C)c(I)c2n1CC(C)(C)O. The van der Waals surface area contributed by atoms with Crippen LogP contribution >= 0.6 is 22.6 Å². The molecule has 0 saturated heterocycles. The van der Waals surface area contributed by atoms with Crippen molar-refractivity contribution in [3.8, 4) is 0 Å². The topological polar surface area (TPSA) is 77.0 Å². The summed E-state index contributed by atoms with van der Waals surface area (Å²) in [5.74, 6) is 1.45. The fraction of sp³-hybridized carbons (Fsp3) is 0.600. The summed E-state index contributed by atoms with van der Waals surface area (Å²) in [4.78, 5) is 9.06. The van der Waals surface area contributed by atoms with E-state index >= 15 is 0 Å². The maximum absolute atomic E-state index is 10.2. The van der Waals surface area contributed by atoms with Crippen LogP contribution in [-0.4, -0.2) is 25.2 Å². The molecule has 0 aliphatic heterocycles. The summed E-state index contributed by atoms with van der Waals surface area (Å²) < 4.78 is 3.16. The fourth-order valence-corrected chi connectivity index (χ4v) is 3.10. The van der Waals surface area contributed by atoms with E-state index < -0.39 is 5.60 Å². The standard InChI is InChI=1S/C15H23IN4O/c1-5-6-7-10-19-12-13(20(10)8-15(3,4)21)11(16)9(2)18-14(12)17/h21H,5-8H2,1-4H3,(H2,17,18). The summed E-state index contributed by atoms with van der Waals surface area (Å²) >= 11 is 2.29. The van der Waals surface area contributed by atoms with Crippen LogP contribution < -0.4 is 5.73 Å². The van der Waals surface area contributed by atoms with Gasteiger partial charge in [0, 0.05) is 6.42 Å². The summed E-state index contributed by atoms with van der Waals surface area (Å²) in [5, 5.41) is 10.2. The van der Waals surface area contributed by atoms with Crippen molar-refractivity contribution < 1.29 is 5.11 Å². The summed E-state index contributed by atoms with van der Waals surface area (Å²) in [6.07, 6.45) is 3.06. The molecule has 0 aromatic carbocycles. The van der Waals surface area contributed by atoms with Gasteiger partial charge in [0.1, 0.15) is 11.3 Å². The van der Waals surface area contributed by atoms with E-state index in [0.717, 1.165) is 45.4 Å². The van der Waals surface area contributed by atoms with Crippen LogP contribution in [0.25, 0.3) is 11.0 Å². The number of aliphatic hydroxyl groups is 1. The highest BCUT2D eigenvalue weighted by atomic mass is 127. The highest BCUT2D eigenvalue weighted by Crippen LogP contribution is 2.29. The van der Waals surface area contributed by atoms with E-state index in [-0.39, 0.29) is 0 Å². The maximum Gasteiger partial charge on any atom is 0.151 e. The molecule has 0 amide bonds. The number of pyridine rings is 1. The second-order valence-corrected chi connectivity index (χ2v) is 7.20. The zero-order chi connectivity index (χ0) is 15.8. The van der Waals surface area contributed by atoms with Crippen LogP contribution in [0.4, 0.5) is 5.82 Å². The number of hydrogen-bond donors (Lipinski definition) is 2. The molecule has 21 heavy (non-hydrogen) atoms. The Morgan fingerprint density at radius 3 is 2.57 bits per heavy atom. The molecule has 0 atom stereocenters. The quantitative estimate of drug-likeness (QED) is 0.754. The lowest BCUT2D eigenvalue weighted by atomic mass is 10.1. The van der Waals surface area contributed by atoms with Crippen molar-refractivity contribution in [2.45, 2.75) is 59.1 Å². The fourth-order valence-electron chi connectivity index (χ4n) is 2.44. The minimum absolute atomic E-state index is 0.468. The third kappa shape index (κ3) is 3.48. The van der Waals surface area contributed by atoms with Gasteiger partial charge in [-0.1, -0.05) is 13.3 Å². The second-order valence-electron chi connectivity index (χ2n) is 6.12. The van der Waals surface area contributed by atoms with Crippen LogP contribution in [0.2, 0.25) is 0 Å². The Kier molecular flexibility index (Phi) is 4.77. The smallest absolute Gasteiger partial charge is 0.151 e. The Bertz CT molecular complexity index is 658. The van der Waals surface area contributed by atoms with Crippen LogP contribution in [0, 0.1) is 10.5 Å². The van der Waals surface area contributed by atoms with E-state index in [9.17, 15) is 5.11 Å². The summed E-state index contributed by atoms with van der Waals surface area (Å²) in [6.45, 7) is 8.23. The maximum atomic E-state index is 10.2. The van der Waals surface area contributed by atoms with E-state index in [0.29, 0.717) is 12.4 Å². The average molecular weight is 402 g/mol. The normalized spacial score (nSPS) is 12.3. The van der Waals surface area contributed by atoms with Gasteiger partial charge in [0.2, 0.25) is 0 Å². The van der Waals surface area contributed by atoms with Gasteiger partial charge in [-0.05, 0) is 49.8 Å². The number of fused-ring (bicyclic) bond motifs is 1. The molecule has 0 aliphatic rings. The first-order valence-electron chi connectivity index (χ1n) is 7.27. The number of aryl methyl sites for hydroxylation is 2. The van der Waals surface area contributed by atoms with E-state index in [2.05, 4.69) is 39.1 Å². The molecule has 0 radical (unpaired) electrons. The van der Waals surface area contributed by atoms with Gasteiger partial charge in [-0.15, -0.1) is 0 Å². The van der Waals surface area contributed by atoms with Gasteiger partial charge in [0.05, 0.1) is 26.9 Å².